The molecule has 0 spiro atoms. The summed E-state index contributed by atoms with van der Waals surface area (Å²) in [6.45, 7) is 6.68. The van der Waals surface area contributed by atoms with E-state index in [9.17, 15) is 9.59 Å². The highest BCUT2D eigenvalue weighted by Crippen LogP contribution is 2.31. The Morgan fingerprint density at radius 3 is 2.64 bits per heavy atom. The van der Waals surface area contributed by atoms with Gasteiger partial charge in [0.2, 0.25) is 0 Å². The van der Waals surface area contributed by atoms with Crippen molar-refractivity contribution in [3.63, 3.8) is 0 Å². The van der Waals surface area contributed by atoms with Crippen LogP contribution in [0.1, 0.15) is 32.4 Å². The highest BCUT2D eigenvalue weighted by Gasteiger charge is 2.21. The number of nitrogens with zero attached hydrogens (tertiary/aromatic N) is 2. The number of fused-ring (bicyclic) bond motifs is 1. The first kappa shape index (κ1) is 20.2. The molecule has 0 radical (unpaired) electrons. The second kappa shape index (κ2) is 9.12. The van der Waals surface area contributed by atoms with Crippen molar-refractivity contribution in [1.29, 1.82) is 0 Å². The second-order valence-electron chi connectivity index (χ2n) is 6.38. The van der Waals surface area contributed by atoms with Gasteiger partial charge in [0, 0.05) is 17.6 Å². The number of carbonyl (C=O) groups is 1. The van der Waals surface area contributed by atoms with Crippen LogP contribution in [0.2, 0.25) is 0 Å². The lowest BCUT2D eigenvalue weighted by Gasteiger charge is -2.14. The molecule has 1 unspecified atom stereocenters. The summed E-state index contributed by atoms with van der Waals surface area (Å²) >= 11 is 1.42. The Morgan fingerprint density at radius 2 is 1.96 bits per heavy atom. The van der Waals surface area contributed by atoms with E-state index in [-0.39, 0.29) is 12.2 Å². The monoisotopic (exact) mass is 400 g/mol. The number of carbonyl (C=O) groups excluding carboxylic acids is 1. The Balaban J connectivity index is 1.92. The fraction of sp³-hybridized carbons (Fsp3) is 0.381. The lowest BCUT2D eigenvalue weighted by atomic mass is 10.0. The zero-order valence-corrected chi connectivity index (χ0v) is 17.1. The summed E-state index contributed by atoms with van der Waals surface area (Å²) in [4.78, 5) is 30.5. The summed E-state index contributed by atoms with van der Waals surface area (Å²) in [5.74, 6) is -0.480. The van der Waals surface area contributed by atoms with Gasteiger partial charge in [-0.1, -0.05) is 31.2 Å². The second-order valence-corrected chi connectivity index (χ2v) is 7.24. The van der Waals surface area contributed by atoms with E-state index in [0.29, 0.717) is 23.4 Å². The Labute approximate surface area is 167 Å². The lowest BCUT2D eigenvalue weighted by Crippen LogP contribution is -2.30. The van der Waals surface area contributed by atoms with Crippen LogP contribution in [0.15, 0.2) is 40.8 Å². The summed E-state index contributed by atoms with van der Waals surface area (Å²) in [5.41, 5.74) is 2.80. The molecule has 6 nitrogen and oxygen atoms in total. The maximum atomic E-state index is 13.1. The van der Waals surface area contributed by atoms with E-state index in [1.165, 1.54) is 27.8 Å². The predicted molar refractivity (Wildman–Crippen MR) is 111 cm³/mol. The van der Waals surface area contributed by atoms with Crippen molar-refractivity contribution >= 4 is 27.5 Å². The molecule has 0 saturated heterocycles. The molecule has 3 aromatic rings. The van der Waals surface area contributed by atoms with Gasteiger partial charge in [-0.3, -0.25) is 9.36 Å². The maximum absolute atomic E-state index is 13.1. The molecule has 28 heavy (non-hydrogen) atoms. The van der Waals surface area contributed by atoms with Crippen LogP contribution in [-0.4, -0.2) is 35.3 Å². The largest absolute Gasteiger partial charge is 0.462 e. The van der Waals surface area contributed by atoms with E-state index in [4.69, 9.17) is 9.47 Å². The van der Waals surface area contributed by atoms with Crippen molar-refractivity contribution in [2.75, 3.05) is 19.8 Å². The SMILES string of the molecule is CCOCCOC(=O)C(C)n1cnc2scc(-c3ccc(CC)cc3)c2c1=O. The van der Waals surface area contributed by atoms with Crippen LogP contribution in [0.5, 0.6) is 0 Å². The molecule has 0 N–H and O–H groups in total. The zero-order valence-electron chi connectivity index (χ0n) is 16.3. The fourth-order valence-corrected chi connectivity index (χ4v) is 3.84. The van der Waals surface area contributed by atoms with Crippen LogP contribution in [0.25, 0.3) is 21.3 Å². The van der Waals surface area contributed by atoms with E-state index >= 15 is 0 Å². The molecule has 0 aliphatic carbocycles. The van der Waals surface area contributed by atoms with Gasteiger partial charge in [-0.25, -0.2) is 9.78 Å². The van der Waals surface area contributed by atoms with E-state index in [2.05, 4.69) is 24.0 Å². The summed E-state index contributed by atoms with van der Waals surface area (Å²) in [6.07, 6.45) is 2.38. The molecule has 1 atom stereocenters. The Bertz CT molecular complexity index is 1010. The smallest absolute Gasteiger partial charge is 0.329 e. The van der Waals surface area contributed by atoms with Crippen LogP contribution in [0, 0.1) is 0 Å². The van der Waals surface area contributed by atoms with Gasteiger partial charge in [0.1, 0.15) is 17.5 Å². The minimum absolute atomic E-state index is 0.162. The van der Waals surface area contributed by atoms with Crippen LogP contribution in [-0.2, 0) is 20.7 Å². The van der Waals surface area contributed by atoms with Crippen molar-refractivity contribution in [2.24, 2.45) is 0 Å². The third-order valence-corrected chi connectivity index (χ3v) is 5.51. The van der Waals surface area contributed by atoms with Gasteiger partial charge in [0.05, 0.1) is 18.3 Å². The average Bonchev–Trinajstić information content (AvgIpc) is 3.16. The number of benzene rings is 1. The topological polar surface area (TPSA) is 70.4 Å². The van der Waals surface area contributed by atoms with Gasteiger partial charge in [0.25, 0.3) is 5.56 Å². The molecule has 7 heteroatoms. The highest BCUT2D eigenvalue weighted by molar-refractivity contribution is 7.17. The molecule has 0 saturated carbocycles. The molecule has 0 aliphatic rings. The van der Waals surface area contributed by atoms with E-state index in [1.807, 2.05) is 24.4 Å². The van der Waals surface area contributed by atoms with E-state index in [0.717, 1.165) is 17.5 Å². The van der Waals surface area contributed by atoms with Crippen LogP contribution in [0.3, 0.4) is 0 Å². The third kappa shape index (κ3) is 4.15. The molecule has 2 aromatic heterocycles. The number of rotatable bonds is 8. The van der Waals surface area contributed by atoms with Crippen molar-refractivity contribution in [2.45, 2.75) is 33.2 Å². The Kier molecular flexibility index (Phi) is 6.59. The molecule has 0 fully saturated rings. The summed E-state index contributed by atoms with van der Waals surface area (Å²) in [7, 11) is 0. The predicted octanol–water partition coefficient (Wildman–Crippen LogP) is 3.83. The maximum Gasteiger partial charge on any atom is 0.329 e. The molecule has 1 aromatic carbocycles. The first-order valence-electron chi connectivity index (χ1n) is 9.38. The van der Waals surface area contributed by atoms with E-state index < -0.39 is 12.0 Å². The quantitative estimate of drug-likeness (QED) is 0.425. The van der Waals surface area contributed by atoms with Gasteiger partial charge < -0.3 is 9.47 Å². The molecule has 0 aliphatic heterocycles. The highest BCUT2D eigenvalue weighted by atomic mass is 32.1. The number of hydrogen-bond acceptors (Lipinski definition) is 6. The fourth-order valence-electron chi connectivity index (χ4n) is 2.93. The summed E-state index contributed by atoms with van der Waals surface area (Å²) in [5, 5.41) is 2.47. The minimum atomic E-state index is -0.763. The van der Waals surface area contributed by atoms with Gasteiger partial charge in [-0.05, 0) is 31.4 Å². The molecular weight excluding hydrogens is 376 g/mol. The molecule has 2 heterocycles. The molecule has 148 valence electrons. The Morgan fingerprint density at radius 1 is 1.21 bits per heavy atom. The number of esters is 1. The van der Waals surface area contributed by atoms with E-state index in [1.54, 1.807) is 6.92 Å². The van der Waals surface area contributed by atoms with Crippen molar-refractivity contribution < 1.29 is 14.3 Å². The Hall–Kier alpha value is -2.51. The molecular formula is C21H24N2O4S. The lowest BCUT2D eigenvalue weighted by molar-refractivity contribution is -0.148. The minimum Gasteiger partial charge on any atom is -0.462 e. The standard InChI is InChI=1S/C21H24N2O4S/c1-4-15-6-8-16(9-7-15)17-12-28-19-18(17)20(24)23(13-22-19)14(3)21(25)27-11-10-26-5-2/h6-9,12-14H,4-5,10-11H2,1-3H3. The number of aromatic nitrogens is 2. The first-order valence-corrected chi connectivity index (χ1v) is 10.3. The van der Waals surface area contributed by atoms with Crippen molar-refractivity contribution in [3.05, 3.63) is 51.9 Å². The zero-order chi connectivity index (χ0) is 20.1. The van der Waals surface area contributed by atoms with Crippen LogP contribution in [0.4, 0.5) is 0 Å². The number of hydrogen-bond donors (Lipinski definition) is 0. The van der Waals surface area contributed by atoms with Gasteiger partial charge >= 0.3 is 5.97 Å². The van der Waals surface area contributed by atoms with Crippen molar-refractivity contribution in [3.8, 4) is 11.1 Å². The average molecular weight is 401 g/mol. The van der Waals surface area contributed by atoms with Gasteiger partial charge in [-0.2, -0.15) is 0 Å². The first-order chi connectivity index (χ1) is 13.6. The molecule has 0 amide bonds. The van der Waals surface area contributed by atoms with Gasteiger partial charge in [-0.15, -0.1) is 11.3 Å². The van der Waals surface area contributed by atoms with Crippen LogP contribution >= 0.6 is 11.3 Å². The number of thiophene rings is 1. The molecule has 3 rings (SSSR count). The normalized spacial score (nSPS) is 12.2. The van der Waals surface area contributed by atoms with Gasteiger partial charge in [0.15, 0.2) is 0 Å². The summed E-state index contributed by atoms with van der Waals surface area (Å²) < 4.78 is 11.7. The number of ether oxygens (including phenoxy) is 2. The number of aryl methyl sites for hydroxylation is 1. The summed E-state index contributed by atoms with van der Waals surface area (Å²) in [6, 6.07) is 7.39. The molecule has 0 bridgehead atoms. The van der Waals surface area contributed by atoms with Crippen molar-refractivity contribution in [1.82, 2.24) is 9.55 Å². The third-order valence-electron chi connectivity index (χ3n) is 4.63. The van der Waals surface area contributed by atoms with Crippen LogP contribution < -0.4 is 5.56 Å².